The van der Waals surface area contributed by atoms with Crippen LogP contribution in [0.4, 0.5) is 5.69 Å². The van der Waals surface area contributed by atoms with E-state index in [1.165, 1.54) is 6.21 Å². The number of benzene rings is 1. The van der Waals surface area contributed by atoms with E-state index in [1.807, 2.05) is 26.0 Å². The highest BCUT2D eigenvalue weighted by Crippen LogP contribution is 2.33. The average Bonchev–Trinajstić information content (AvgIpc) is 2.36. The fourth-order valence-corrected chi connectivity index (χ4v) is 2.42. The third-order valence-electron chi connectivity index (χ3n) is 3.43. The predicted octanol–water partition coefficient (Wildman–Crippen LogP) is 2.97. The molecule has 20 heavy (non-hydrogen) atoms. The second-order valence-electron chi connectivity index (χ2n) is 5.91. The number of carbonyl (C=O) groups excluding carboxylic acids is 2. The molecule has 0 aromatic heterocycles. The van der Waals surface area contributed by atoms with Crippen LogP contribution in [0.1, 0.15) is 26.7 Å². The van der Waals surface area contributed by atoms with Crippen molar-refractivity contribution in [2.75, 3.05) is 7.11 Å². The number of hydrogen-bond donors (Lipinski definition) is 0. The molecule has 1 aliphatic carbocycles. The second kappa shape index (κ2) is 5.57. The van der Waals surface area contributed by atoms with Gasteiger partial charge in [0.15, 0.2) is 0 Å². The molecule has 0 N–H and O–H groups in total. The Bertz CT molecular complexity index is 541. The van der Waals surface area contributed by atoms with E-state index in [0.29, 0.717) is 24.3 Å². The molecule has 2 rings (SSSR count). The summed E-state index contributed by atoms with van der Waals surface area (Å²) in [5.74, 6) is -0.0906. The Kier molecular flexibility index (Phi) is 4.02. The number of aliphatic imine (C=N–C) groups is 1. The number of ketones is 2. The lowest BCUT2D eigenvalue weighted by atomic mass is 9.72. The molecule has 0 unspecified atom stereocenters. The van der Waals surface area contributed by atoms with Crippen molar-refractivity contribution in [1.82, 2.24) is 0 Å². The first-order chi connectivity index (χ1) is 9.41. The molecule has 1 fully saturated rings. The summed E-state index contributed by atoms with van der Waals surface area (Å²) < 4.78 is 5.11. The topological polar surface area (TPSA) is 55.7 Å². The fourth-order valence-electron chi connectivity index (χ4n) is 2.42. The molecule has 1 saturated carbocycles. The van der Waals surface area contributed by atoms with Gasteiger partial charge in [0.2, 0.25) is 0 Å². The number of rotatable bonds is 3. The number of carbonyl (C=O) groups is 2. The minimum absolute atomic E-state index is 0.0436. The van der Waals surface area contributed by atoms with Gasteiger partial charge in [0.05, 0.1) is 12.8 Å². The highest BCUT2D eigenvalue weighted by Gasteiger charge is 2.38. The minimum atomic E-state index is -0.700. The molecule has 106 valence electrons. The molecule has 4 heteroatoms. The number of hydrogen-bond acceptors (Lipinski definition) is 4. The normalized spacial score (nSPS) is 19.6. The van der Waals surface area contributed by atoms with Crippen molar-refractivity contribution in [3.8, 4) is 5.75 Å². The van der Waals surface area contributed by atoms with E-state index >= 15 is 0 Å². The van der Waals surface area contributed by atoms with E-state index in [1.54, 1.807) is 19.2 Å². The molecule has 4 nitrogen and oxygen atoms in total. The fraction of sp³-hybridized carbons (Fsp3) is 0.438. The summed E-state index contributed by atoms with van der Waals surface area (Å²) in [6.45, 7) is 3.89. The number of Topliss-reactive ketones (excluding diaryl/α,β-unsaturated/α-hetero) is 2. The number of methoxy groups -OCH3 is 1. The third kappa shape index (κ3) is 3.32. The first-order valence-electron chi connectivity index (χ1n) is 6.65. The van der Waals surface area contributed by atoms with Gasteiger partial charge in [-0.1, -0.05) is 19.9 Å². The van der Waals surface area contributed by atoms with Gasteiger partial charge in [0.1, 0.15) is 23.2 Å². The first kappa shape index (κ1) is 14.4. The zero-order chi connectivity index (χ0) is 14.8. The van der Waals surface area contributed by atoms with Crippen LogP contribution < -0.4 is 4.74 Å². The molecule has 0 spiro atoms. The molecule has 1 aromatic carbocycles. The van der Waals surface area contributed by atoms with Gasteiger partial charge in [-0.3, -0.25) is 14.6 Å². The summed E-state index contributed by atoms with van der Waals surface area (Å²) in [6.07, 6.45) is 2.32. The molecular weight excluding hydrogens is 254 g/mol. The van der Waals surface area contributed by atoms with Gasteiger partial charge in [0.25, 0.3) is 0 Å². The molecule has 0 atom stereocenters. The molecule has 0 aliphatic heterocycles. The molecule has 0 bridgehead atoms. The zero-order valence-electron chi connectivity index (χ0n) is 12.1. The summed E-state index contributed by atoms with van der Waals surface area (Å²) in [5.41, 5.74) is 0.448. The number of ether oxygens (including phenoxy) is 1. The van der Waals surface area contributed by atoms with Crippen molar-refractivity contribution in [1.29, 1.82) is 0 Å². The van der Waals surface area contributed by atoms with Gasteiger partial charge in [-0.2, -0.15) is 0 Å². The van der Waals surface area contributed by atoms with E-state index in [-0.39, 0.29) is 17.0 Å². The Morgan fingerprint density at radius 3 is 2.50 bits per heavy atom. The van der Waals surface area contributed by atoms with Gasteiger partial charge < -0.3 is 4.74 Å². The average molecular weight is 273 g/mol. The van der Waals surface area contributed by atoms with Crippen LogP contribution in [0.5, 0.6) is 5.75 Å². The maximum atomic E-state index is 12.0. The Hall–Kier alpha value is -1.97. The summed E-state index contributed by atoms with van der Waals surface area (Å²) in [6, 6.07) is 7.20. The van der Waals surface area contributed by atoms with Crippen molar-refractivity contribution in [3.63, 3.8) is 0 Å². The van der Waals surface area contributed by atoms with E-state index in [4.69, 9.17) is 4.74 Å². The van der Waals surface area contributed by atoms with Crippen molar-refractivity contribution in [3.05, 3.63) is 24.3 Å². The maximum Gasteiger partial charge on any atom is 0.149 e. The minimum Gasteiger partial charge on any atom is -0.497 e. The maximum absolute atomic E-state index is 12.0. The molecule has 0 heterocycles. The SMILES string of the molecule is COc1cccc(N=CC2C(=O)CC(C)(C)CC2=O)c1. The number of nitrogens with zero attached hydrogens (tertiary/aromatic N) is 1. The lowest BCUT2D eigenvalue weighted by molar-refractivity contribution is -0.136. The lowest BCUT2D eigenvalue weighted by Gasteiger charge is -2.30. The van der Waals surface area contributed by atoms with Crippen LogP contribution in [-0.4, -0.2) is 24.9 Å². The van der Waals surface area contributed by atoms with Gasteiger partial charge in [-0.25, -0.2) is 0 Å². The van der Waals surface area contributed by atoms with Crippen molar-refractivity contribution < 1.29 is 14.3 Å². The van der Waals surface area contributed by atoms with Crippen LogP contribution in [-0.2, 0) is 9.59 Å². The van der Waals surface area contributed by atoms with E-state index in [2.05, 4.69) is 4.99 Å². The molecule has 0 saturated heterocycles. The smallest absolute Gasteiger partial charge is 0.149 e. The van der Waals surface area contributed by atoms with Crippen molar-refractivity contribution in [2.24, 2.45) is 16.3 Å². The summed E-state index contributed by atoms with van der Waals surface area (Å²) in [4.78, 5) is 28.3. The van der Waals surface area contributed by atoms with Gasteiger partial charge in [-0.15, -0.1) is 0 Å². The quantitative estimate of drug-likeness (QED) is 0.628. The Morgan fingerprint density at radius 1 is 1.25 bits per heavy atom. The Labute approximate surface area is 118 Å². The molecule has 0 radical (unpaired) electrons. The highest BCUT2D eigenvalue weighted by molar-refractivity contribution is 6.16. The van der Waals surface area contributed by atoms with E-state index in [9.17, 15) is 9.59 Å². The van der Waals surface area contributed by atoms with Crippen LogP contribution in [0.25, 0.3) is 0 Å². The van der Waals surface area contributed by atoms with Gasteiger partial charge in [0, 0.05) is 25.1 Å². The standard InChI is InChI=1S/C16H19NO3/c1-16(2)8-14(18)13(15(19)9-16)10-17-11-5-4-6-12(7-11)20-3/h4-7,10,13H,8-9H2,1-3H3. The Morgan fingerprint density at radius 2 is 1.90 bits per heavy atom. The monoisotopic (exact) mass is 273 g/mol. The molecule has 1 aliphatic rings. The second-order valence-corrected chi connectivity index (χ2v) is 5.91. The van der Waals surface area contributed by atoms with Crippen LogP contribution in [0.2, 0.25) is 0 Å². The summed E-state index contributed by atoms with van der Waals surface area (Å²) in [7, 11) is 1.58. The first-order valence-corrected chi connectivity index (χ1v) is 6.65. The predicted molar refractivity (Wildman–Crippen MR) is 77.7 cm³/mol. The lowest BCUT2D eigenvalue weighted by Crippen LogP contribution is -2.38. The van der Waals surface area contributed by atoms with Crippen LogP contribution >= 0.6 is 0 Å². The van der Waals surface area contributed by atoms with E-state index in [0.717, 1.165) is 0 Å². The molecular formula is C16H19NO3. The Balaban J connectivity index is 2.14. The van der Waals surface area contributed by atoms with Crippen LogP contribution in [0, 0.1) is 11.3 Å². The van der Waals surface area contributed by atoms with Crippen molar-refractivity contribution >= 4 is 23.5 Å². The summed E-state index contributed by atoms with van der Waals surface area (Å²) in [5, 5.41) is 0. The van der Waals surface area contributed by atoms with E-state index < -0.39 is 5.92 Å². The summed E-state index contributed by atoms with van der Waals surface area (Å²) >= 11 is 0. The highest BCUT2D eigenvalue weighted by atomic mass is 16.5. The van der Waals surface area contributed by atoms with Crippen molar-refractivity contribution in [2.45, 2.75) is 26.7 Å². The van der Waals surface area contributed by atoms with Gasteiger partial charge in [-0.05, 0) is 17.5 Å². The van der Waals surface area contributed by atoms with Crippen LogP contribution in [0.3, 0.4) is 0 Å². The zero-order valence-corrected chi connectivity index (χ0v) is 12.1. The van der Waals surface area contributed by atoms with Gasteiger partial charge >= 0.3 is 0 Å². The largest absolute Gasteiger partial charge is 0.497 e. The van der Waals surface area contributed by atoms with Crippen LogP contribution in [0.15, 0.2) is 29.3 Å². The molecule has 1 aromatic rings. The molecule has 0 amide bonds. The third-order valence-corrected chi connectivity index (χ3v) is 3.43.